The SMILES string of the molecule is CC[C@H](C(=O)NC1CCCCC1)N(Cc1ccc(OC)cc1)C(=O)CN(c1ccc(C(C)C)cc1)S(=O)(=O)c1ccccc1. The van der Waals surface area contributed by atoms with Crippen LogP contribution in [0.1, 0.15) is 76.3 Å². The van der Waals surface area contributed by atoms with E-state index in [1.54, 1.807) is 37.4 Å². The highest BCUT2D eigenvalue weighted by Gasteiger charge is 2.34. The van der Waals surface area contributed by atoms with E-state index in [-0.39, 0.29) is 29.3 Å². The zero-order valence-electron chi connectivity index (χ0n) is 26.2. The molecule has 0 bridgehead atoms. The van der Waals surface area contributed by atoms with Crippen molar-refractivity contribution in [1.29, 1.82) is 0 Å². The van der Waals surface area contributed by atoms with Crippen LogP contribution < -0.4 is 14.4 Å². The Kier molecular flexibility index (Phi) is 11.4. The molecule has 1 saturated carbocycles. The first-order chi connectivity index (χ1) is 21.1. The lowest BCUT2D eigenvalue weighted by molar-refractivity contribution is -0.140. The van der Waals surface area contributed by atoms with Crippen molar-refractivity contribution in [2.24, 2.45) is 0 Å². The normalized spacial score (nSPS) is 14.6. The first kappa shape index (κ1) is 33.1. The summed E-state index contributed by atoms with van der Waals surface area (Å²) in [6.07, 6.45) is 5.52. The summed E-state index contributed by atoms with van der Waals surface area (Å²) >= 11 is 0. The molecule has 0 aliphatic heterocycles. The first-order valence-corrected chi connectivity index (χ1v) is 17.0. The molecule has 1 atom stereocenters. The minimum atomic E-state index is -4.10. The minimum absolute atomic E-state index is 0.0812. The van der Waals surface area contributed by atoms with Crippen molar-refractivity contribution in [3.05, 3.63) is 90.0 Å². The maximum atomic E-state index is 14.3. The Morgan fingerprint density at radius 1 is 0.909 bits per heavy atom. The smallest absolute Gasteiger partial charge is 0.264 e. The van der Waals surface area contributed by atoms with Crippen LogP contribution >= 0.6 is 0 Å². The lowest BCUT2D eigenvalue weighted by atomic mass is 9.95. The molecule has 1 aliphatic carbocycles. The van der Waals surface area contributed by atoms with Gasteiger partial charge in [0.2, 0.25) is 11.8 Å². The monoisotopic (exact) mass is 619 g/mol. The highest BCUT2D eigenvalue weighted by Crippen LogP contribution is 2.27. The molecule has 0 spiro atoms. The van der Waals surface area contributed by atoms with E-state index in [4.69, 9.17) is 4.74 Å². The maximum absolute atomic E-state index is 14.3. The lowest BCUT2D eigenvalue weighted by Crippen LogP contribution is -2.54. The van der Waals surface area contributed by atoms with Crippen LogP contribution in [-0.4, -0.2) is 50.9 Å². The third-order valence-electron chi connectivity index (χ3n) is 8.31. The summed E-state index contributed by atoms with van der Waals surface area (Å²) in [5.74, 6) is 0.274. The number of rotatable bonds is 13. The summed E-state index contributed by atoms with van der Waals surface area (Å²) in [5.41, 5.74) is 2.25. The van der Waals surface area contributed by atoms with E-state index in [9.17, 15) is 18.0 Å². The second kappa shape index (κ2) is 15.2. The van der Waals surface area contributed by atoms with Crippen molar-refractivity contribution >= 4 is 27.5 Å². The summed E-state index contributed by atoms with van der Waals surface area (Å²) in [5, 5.41) is 3.18. The summed E-state index contributed by atoms with van der Waals surface area (Å²) in [6, 6.07) is 22.0. The average molecular weight is 620 g/mol. The van der Waals surface area contributed by atoms with Gasteiger partial charge in [0.1, 0.15) is 18.3 Å². The molecule has 0 radical (unpaired) electrons. The fourth-order valence-corrected chi connectivity index (χ4v) is 7.10. The summed E-state index contributed by atoms with van der Waals surface area (Å²) in [6.45, 7) is 5.70. The van der Waals surface area contributed by atoms with Crippen LogP contribution in [0.25, 0.3) is 0 Å². The maximum Gasteiger partial charge on any atom is 0.264 e. The highest BCUT2D eigenvalue weighted by molar-refractivity contribution is 7.92. The van der Waals surface area contributed by atoms with Crippen molar-refractivity contribution in [2.45, 2.75) is 88.7 Å². The molecule has 44 heavy (non-hydrogen) atoms. The van der Waals surface area contributed by atoms with Crippen molar-refractivity contribution in [2.75, 3.05) is 18.0 Å². The van der Waals surface area contributed by atoms with Crippen molar-refractivity contribution in [3.63, 3.8) is 0 Å². The highest BCUT2D eigenvalue weighted by atomic mass is 32.2. The molecule has 3 aromatic rings. The third-order valence-corrected chi connectivity index (χ3v) is 10.1. The summed E-state index contributed by atoms with van der Waals surface area (Å²) in [4.78, 5) is 29.6. The Labute approximate surface area is 262 Å². The molecule has 1 N–H and O–H groups in total. The van der Waals surface area contributed by atoms with Crippen LogP contribution in [0.5, 0.6) is 5.75 Å². The largest absolute Gasteiger partial charge is 0.497 e. The van der Waals surface area contributed by atoms with E-state index in [1.807, 2.05) is 43.3 Å². The van der Waals surface area contributed by atoms with Crippen LogP contribution in [0.2, 0.25) is 0 Å². The minimum Gasteiger partial charge on any atom is -0.497 e. The number of nitrogens with zero attached hydrogens (tertiary/aromatic N) is 2. The standard InChI is InChI=1S/C35H45N3O5S/c1-5-33(35(40)36-29-12-8-6-9-13-29)37(24-27-16-22-31(43-4)23-17-27)34(39)25-38(30-20-18-28(19-21-30)26(2)3)44(41,42)32-14-10-7-11-15-32/h7,10-11,14-23,26,29,33H,5-6,8-9,12-13,24-25H2,1-4H3,(H,36,40)/t33-/m1/s1. The van der Waals surface area contributed by atoms with Gasteiger partial charge in [-0.05, 0) is 72.7 Å². The topological polar surface area (TPSA) is 96.0 Å². The number of amides is 2. The second-order valence-electron chi connectivity index (χ2n) is 11.7. The number of hydrogen-bond acceptors (Lipinski definition) is 5. The molecule has 236 valence electrons. The average Bonchev–Trinajstić information content (AvgIpc) is 3.04. The van der Waals surface area contributed by atoms with Crippen LogP contribution in [0, 0.1) is 0 Å². The Balaban J connectivity index is 1.70. The molecule has 0 saturated heterocycles. The number of anilines is 1. The quantitative estimate of drug-likeness (QED) is 0.243. The van der Waals surface area contributed by atoms with Crippen LogP contribution in [0.3, 0.4) is 0 Å². The number of sulfonamides is 1. The van der Waals surface area contributed by atoms with Gasteiger partial charge in [0.15, 0.2) is 0 Å². The molecule has 0 aromatic heterocycles. The number of benzene rings is 3. The first-order valence-electron chi connectivity index (χ1n) is 15.5. The van der Waals surface area contributed by atoms with Gasteiger partial charge in [-0.15, -0.1) is 0 Å². The van der Waals surface area contributed by atoms with Crippen molar-refractivity contribution in [1.82, 2.24) is 10.2 Å². The number of methoxy groups -OCH3 is 1. The molecule has 9 heteroatoms. The van der Waals surface area contributed by atoms with Gasteiger partial charge in [-0.25, -0.2) is 8.42 Å². The van der Waals surface area contributed by atoms with Gasteiger partial charge in [-0.1, -0.05) is 82.5 Å². The second-order valence-corrected chi connectivity index (χ2v) is 13.6. The van der Waals surface area contributed by atoms with Crippen LogP contribution in [0.15, 0.2) is 83.8 Å². The van der Waals surface area contributed by atoms with E-state index in [1.165, 1.54) is 17.0 Å². The molecule has 0 heterocycles. The van der Waals surface area contributed by atoms with Gasteiger partial charge in [-0.3, -0.25) is 13.9 Å². The fraction of sp³-hybridized carbons (Fsp3) is 0.429. The third kappa shape index (κ3) is 8.20. The van der Waals surface area contributed by atoms with E-state index >= 15 is 0 Å². The number of nitrogens with one attached hydrogen (secondary N) is 1. The number of hydrogen-bond donors (Lipinski definition) is 1. The van der Waals surface area contributed by atoms with Crippen molar-refractivity contribution in [3.8, 4) is 5.75 Å². The Hall–Kier alpha value is -3.85. The molecular weight excluding hydrogens is 574 g/mol. The van der Waals surface area contributed by atoms with Gasteiger partial charge in [0, 0.05) is 12.6 Å². The van der Waals surface area contributed by atoms with Crippen molar-refractivity contribution < 1.29 is 22.7 Å². The summed E-state index contributed by atoms with van der Waals surface area (Å²) < 4.78 is 34.5. The van der Waals surface area contributed by atoms with Gasteiger partial charge in [0.25, 0.3) is 10.0 Å². The molecule has 4 rings (SSSR count). The predicted octanol–water partition coefficient (Wildman–Crippen LogP) is 6.27. The molecule has 8 nitrogen and oxygen atoms in total. The van der Waals surface area contributed by atoms with E-state index in [0.717, 1.165) is 47.5 Å². The number of ether oxygens (including phenoxy) is 1. The van der Waals surface area contributed by atoms with E-state index in [0.29, 0.717) is 17.9 Å². The Bertz CT molecular complexity index is 1470. The van der Waals surface area contributed by atoms with Gasteiger partial charge < -0.3 is 15.0 Å². The summed E-state index contributed by atoms with van der Waals surface area (Å²) in [7, 11) is -2.52. The fourth-order valence-electron chi connectivity index (χ4n) is 5.67. The Morgan fingerprint density at radius 3 is 2.11 bits per heavy atom. The van der Waals surface area contributed by atoms with E-state index in [2.05, 4.69) is 19.2 Å². The predicted molar refractivity (Wildman–Crippen MR) is 174 cm³/mol. The number of carbonyl (C=O) groups excluding carboxylic acids is 2. The van der Waals surface area contributed by atoms with Gasteiger partial charge >= 0.3 is 0 Å². The molecule has 1 fully saturated rings. The zero-order chi connectivity index (χ0) is 31.7. The molecule has 3 aromatic carbocycles. The van der Waals surface area contributed by atoms with Gasteiger partial charge in [-0.2, -0.15) is 0 Å². The number of carbonyl (C=O) groups is 2. The van der Waals surface area contributed by atoms with E-state index < -0.39 is 28.5 Å². The zero-order valence-corrected chi connectivity index (χ0v) is 27.1. The lowest BCUT2D eigenvalue weighted by Gasteiger charge is -2.34. The molecular formula is C35H45N3O5S. The van der Waals surface area contributed by atoms with Crippen LogP contribution in [0.4, 0.5) is 5.69 Å². The van der Waals surface area contributed by atoms with Crippen LogP contribution in [-0.2, 0) is 26.2 Å². The van der Waals surface area contributed by atoms with Gasteiger partial charge in [0.05, 0.1) is 17.7 Å². The Morgan fingerprint density at radius 2 is 1.55 bits per heavy atom. The molecule has 1 aliphatic rings. The molecule has 2 amide bonds. The molecule has 0 unspecified atom stereocenters.